The zero-order valence-corrected chi connectivity index (χ0v) is 8.74. The van der Waals surface area contributed by atoms with Crippen LogP contribution in [0, 0.1) is 10.1 Å². The lowest BCUT2D eigenvalue weighted by Gasteiger charge is -2.01. The van der Waals surface area contributed by atoms with Crippen LogP contribution in [-0.4, -0.2) is 27.4 Å². The number of pyridine rings is 1. The largest absolute Gasteiger partial charge is 0.396 e. The minimum atomic E-state index is -0.492. The number of rotatable bonds is 5. The molecule has 0 aliphatic rings. The first-order valence-corrected chi connectivity index (χ1v) is 5.28. The van der Waals surface area contributed by atoms with Crippen molar-refractivity contribution in [1.29, 1.82) is 0 Å². The van der Waals surface area contributed by atoms with Gasteiger partial charge in [0.15, 0.2) is 5.03 Å². The maximum atomic E-state index is 10.6. The van der Waals surface area contributed by atoms with Gasteiger partial charge in [0.25, 0.3) is 0 Å². The van der Waals surface area contributed by atoms with Gasteiger partial charge in [0.05, 0.1) is 4.92 Å². The van der Waals surface area contributed by atoms with E-state index in [0.29, 0.717) is 17.2 Å². The van der Waals surface area contributed by atoms with Crippen LogP contribution in [0.1, 0.15) is 6.42 Å². The van der Waals surface area contributed by atoms with Gasteiger partial charge in [-0.25, -0.2) is 4.98 Å². The average Bonchev–Trinajstić information content (AvgIpc) is 2.18. The molecule has 82 valence electrons. The molecule has 0 saturated heterocycles. The van der Waals surface area contributed by atoms with Gasteiger partial charge in [-0.2, -0.15) is 0 Å². The van der Waals surface area contributed by atoms with Crippen molar-refractivity contribution in [2.45, 2.75) is 11.4 Å². The van der Waals surface area contributed by atoms with Crippen LogP contribution in [0.25, 0.3) is 0 Å². The number of aliphatic hydroxyl groups excluding tert-OH is 1. The second kappa shape index (κ2) is 5.52. The van der Waals surface area contributed by atoms with Crippen molar-refractivity contribution in [3.05, 3.63) is 22.2 Å². The Morgan fingerprint density at radius 3 is 2.93 bits per heavy atom. The third-order valence-electron chi connectivity index (χ3n) is 1.60. The summed E-state index contributed by atoms with van der Waals surface area (Å²) < 4.78 is 0. The zero-order chi connectivity index (χ0) is 11.3. The highest BCUT2D eigenvalue weighted by molar-refractivity contribution is 7.99. The van der Waals surface area contributed by atoms with E-state index in [1.165, 1.54) is 23.9 Å². The molecular formula is C8H11N3O3S. The van der Waals surface area contributed by atoms with Gasteiger partial charge in [-0.3, -0.25) is 10.1 Å². The van der Waals surface area contributed by atoms with Crippen molar-refractivity contribution in [2.24, 2.45) is 0 Å². The number of nitrogens with two attached hydrogens (primary N) is 1. The Labute approximate surface area is 90.7 Å². The van der Waals surface area contributed by atoms with Crippen molar-refractivity contribution >= 4 is 23.3 Å². The molecule has 3 N–H and O–H groups in total. The molecule has 6 nitrogen and oxygen atoms in total. The Kier molecular flexibility index (Phi) is 4.32. The van der Waals surface area contributed by atoms with Gasteiger partial charge in [0, 0.05) is 18.4 Å². The summed E-state index contributed by atoms with van der Waals surface area (Å²) in [6.45, 7) is 0.0586. The second-order valence-electron chi connectivity index (χ2n) is 2.74. The van der Waals surface area contributed by atoms with E-state index in [4.69, 9.17) is 10.8 Å². The van der Waals surface area contributed by atoms with E-state index in [1.807, 2.05) is 0 Å². The monoisotopic (exact) mass is 229 g/mol. The fourth-order valence-electron chi connectivity index (χ4n) is 0.926. The lowest BCUT2D eigenvalue weighted by molar-refractivity contribution is -0.388. The molecule has 0 bridgehead atoms. The van der Waals surface area contributed by atoms with E-state index in [2.05, 4.69) is 4.98 Å². The van der Waals surface area contributed by atoms with Crippen LogP contribution in [0.2, 0.25) is 0 Å². The molecule has 1 rings (SSSR count). The topological polar surface area (TPSA) is 102 Å². The summed E-state index contributed by atoms with van der Waals surface area (Å²) in [5, 5.41) is 19.5. The van der Waals surface area contributed by atoms with Crippen LogP contribution in [0.15, 0.2) is 17.2 Å². The first-order chi connectivity index (χ1) is 7.15. The molecule has 1 aromatic heterocycles. The standard InChI is InChI=1S/C8H11N3O3S/c9-7-3-2-6(11(13)14)8(10-7)15-5-1-4-12/h2-3,12H,1,4-5H2,(H2,9,10). The molecular weight excluding hydrogens is 218 g/mol. The fraction of sp³-hybridized carbons (Fsp3) is 0.375. The molecule has 1 heterocycles. The van der Waals surface area contributed by atoms with Crippen LogP contribution in [-0.2, 0) is 0 Å². The third kappa shape index (κ3) is 3.37. The van der Waals surface area contributed by atoms with Gasteiger partial charge in [-0.15, -0.1) is 0 Å². The smallest absolute Gasteiger partial charge is 0.301 e. The van der Waals surface area contributed by atoms with Crippen molar-refractivity contribution < 1.29 is 10.0 Å². The third-order valence-corrected chi connectivity index (χ3v) is 2.67. The fourth-order valence-corrected chi connectivity index (χ4v) is 1.85. The molecule has 0 saturated carbocycles. The Bertz CT molecular complexity index is 359. The molecule has 7 heteroatoms. The molecule has 0 atom stereocenters. The quantitative estimate of drug-likeness (QED) is 0.338. The molecule has 0 spiro atoms. The summed E-state index contributed by atoms with van der Waals surface area (Å²) in [4.78, 5) is 14.0. The summed E-state index contributed by atoms with van der Waals surface area (Å²) in [6.07, 6.45) is 0.568. The van der Waals surface area contributed by atoms with Gasteiger partial charge in [-0.05, 0) is 12.5 Å². The number of anilines is 1. The average molecular weight is 229 g/mol. The van der Waals surface area contributed by atoms with Crippen molar-refractivity contribution in [3.8, 4) is 0 Å². The Morgan fingerprint density at radius 1 is 1.60 bits per heavy atom. The lowest BCUT2D eigenvalue weighted by Crippen LogP contribution is -1.98. The highest BCUT2D eigenvalue weighted by atomic mass is 32.2. The highest BCUT2D eigenvalue weighted by Crippen LogP contribution is 2.28. The van der Waals surface area contributed by atoms with Gasteiger partial charge < -0.3 is 10.8 Å². The summed E-state index contributed by atoms with van der Waals surface area (Å²) in [7, 11) is 0. The Hall–Kier alpha value is -1.34. The second-order valence-corrected chi connectivity index (χ2v) is 3.83. The van der Waals surface area contributed by atoms with Crippen LogP contribution < -0.4 is 5.73 Å². The maximum Gasteiger partial charge on any atom is 0.301 e. The molecule has 0 unspecified atom stereocenters. The van der Waals surface area contributed by atoms with Gasteiger partial charge in [-0.1, -0.05) is 11.8 Å². The van der Waals surface area contributed by atoms with Crippen LogP contribution in [0.4, 0.5) is 11.5 Å². The minimum absolute atomic E-state index is 0.0489. The first-order valence-electron chi connectivity index (χ1n) is 4.29. The van der Waals surface area contributed by atoms with Crippen LogP contribution in [0.5, 0.6) is 0 Å². The molecule has 0 amide bonds. The SMILES string of the molecule is Nc1ccc([N+](=O)[O-])c(SCCCO)n1. The number of aromatic nitrogens is 1. The Morgan fingerprint density at radius 2 is 2.33 bits per heavy atom. The normalized spacial score (nSPS) is 10.2. The van der Waals surface area contributed by atoms with E-state index >= 15 is 0 Å². The van der Waals surface area contributed by atoms with E-state index in [-0.39, 0.29) is 18.1 Å². The van der Waals surface area contributed by atoms with Crippen LogP contribution in [0.3, 0.4) is 0 Å². The van der Waals surface area contributed by atoms with E-state index < -0.39 is 4.92 Å². The molecule has 0 aromatic carbocycles. The summed E-state index contributed by atoms with van der Waals surface area (Å²) in [5.74, 6) is 0.834. The van der Waals surface area contributed by atoms with Gasteiger partial charge in [0.2, 0.25) is 0 Å². The van der Waals surface area contributed by atoms with Gasteiger partial charge >= 0.3 is 5.69 Å². The molecule has 0 fully saturated rings. The lowest BCUT2D eigenvalue weighted by atomic mass is 10.4. The summed E-state index contributed by atoms with van der Waals surface area (Å²) in [6, 6.07) is 2.73. The summed E-state index contributed by atoms with van der Waals surface area (Å²) in [5.41, 5.74) is 5.39. The molecule has 1 aromatic rings. The van der Waals surface area contributed by atoms with Crippen molar-refractivity contribution in [3.63, 3.8) is 0 Å². The number of aliphatic hydroxyl groups is 1. The Balaban J connectivity index is 2.82. The zero-order valence-electron chi connectivity index (χ0n) is 7.92. The molecule has 0 aliphatic heterocycles. The van der Waals surface area contributed by atoms with Crippen molar-refractivity contribution in [2.75, 3.05) is 18.1 Å². The highest BCUT2D eigenvalue weighted by Gasteiger charge is 2.15. The van der Waals surface area contributed by atoms with Crippen molar-refractivity contribution in [1.82, 2.24) is 4.98 Å². The van der Waals surface area contributed by atoms with Crippen LogP contribution >= 0.6 is 11.8 Å². The molecule has 0 aliphatic carbocycles. The number of hydrogen-bond acceptors (Lipinski definition) is 6. The number of nitro groups is 1. The predicted molar refractivity (Wildman–Crippen MR) is 57.7 cm³/mol. The number of thioether (sulfide) groups is 1. The van der Waals surface area contributed by atoms with E-state index in [1.54, 1.807) is 0 Å². The predicted octanol–water partition coefficient (Wildman–Crippen LogP) is 1.05. The minimum Gasteiger partial charge on any atom is -0.396 e. The van der Waals surface area contributed by atoms with E-state index in [0.717, 1.165) is 0 Å². The number of nitrogens with zero attached hydrogens (tertiary/aromatic N) is 2. The maximum absolute atomic E-state index is 10.6. The van der Waals surface area contributed by atoms with E-state index in [9.17, 15) is 10.1 Å². The van der Waals surface area contributed by atoms with Gasteiger partial charge in [0.1, 0.15) is 5.82 Å². The first kappa shape index (κ1) is 11.7. The number of hydrogen-bond donors (Lipinski definition) is 2. The molecule has 15 heavy (non-hydrogen) atoms. The number of nitrogen functional groups attached to an aromatic ring is 1. The molecule has 0 radical (unpaired) electrons. The summed E-state index contributed by atoms with van der Waals surface area (Å²) >= 11 is 1.22.